The van der Waals surface area contributed by atoms with Crippen LogP contribution in [0.5, 0.6) is 5.75 Å². The first kappa shape index (κ1) is 17.3. The van der Waals surface area contributed by atoms with Gasteiger partial charge in [-0.3, -0.25) is 4.79 Å². The second-order valence-corrected chi connectivity index (χ2v) is 5.79. The lowest BCUT2D eigenvalue weighted by Gasteiger charge is -2.19. The molecule has 2 aromatic rings. The van der Waals surface area contributed by atoms with Crippen LogP contribution in [0.4, 0.5) is 0 Å². The van der Waals surface area contributed by atoms with E-state index in [-0.39, 0.29) is 18.6 Å². The Morgan fingerprint density at radius 2 is 1.96 bits per heavy atom. The van der Waals surface area contributed by atoms with Crippen molar-refractivity contribution >= 4 is 17.5 Å². The number of carbonyl (C=O) groups excluding carboxylic acids is 1. The molecule has 5 heteroatoms. The molecule has 1 amide bonds. The van der Waals surface area contributed by atoms with Crippen LogP contribution < -0.4 is 10.1 Å². The highest BCUT2D eigenvalue weighted by molar-refractivity contribution is 6.30. The lowest BCUT2D eigenvalue weighted by molar-refractivity contribution is -0.127. The second-order valence-electron chi connectivity index (χ2n) is 5.35. The number of hydrogen-bond acceptors (Lipinski definition) is 3. The van der Waals surface area contributed by atoms with Gasteiger partial charge in [-0.2, -0.15) is 0 Å². The van der Waals surface area contributed by atoms with Gasteiger partial charge in [0.2, 0.25) is 0 Å². The fourth-order valence-electron chi connectivity index (χ4n) is 2.16. The van der Waals surface area contributed by atoms with E-state index in [0.29, 0.717) is 10.8 Å². The van der Waals surface area contributed by atoms with Crippen LogP contribution in [0.1, 0.15) is 31.0 Å². The van der Waals surface area contributed by atoms with Crippen molar-refractivity contribution in [1.82, 2.24) is 5.32 Å². The van der Waals surface area contributed by atoms with Gasteiger partial charge in [0.1, 0.15) is 5.75 Å². The number of carbonyl (C=O) groups is 1. The molecule has 0 saturated heterocycles. The number of hydrogen-bond donors (Lipinski definition) is 2. The maximum Gasteiger partial charge on any atom is 0.261 e. The number of aliphatic hydroxyl groups is 1. The van der Waals surface area contributed by atoms with E-state index in [9.17, 15) is 4.79 Å². The van der Waals surface area contributed by atoms with Crippen LogP contribution in [0.25, 0.3) is 0 Å². The number of rotatable bonds is 6. The van der Waals surface area contributed by atoms with Crippen molar-refractivity contribution in [1.29, 1.82) is 0 Å². The first-order valence-corrected chi connectivity index (χ1v) is 7.79. The molecular formula is C18H20ClNO3. The maximum atomic E-state index is 12.3. The third-order valence-electron chi connectivity index (χ3n) is 3.47. The number of aliphatic hydroxyl groups excluding tert-OH is 1. The highest BCUT2D eigenvalue weighted by atomic mass is 35.5. The minimum atomic E-state index is -0.648. The third kappa shape index (κ3) is 4.98. The van der Waals surface area contributed by atoms with Gasteiger partial charge in [0.25, 0.3) is 5.91 Å². The van der Waals surface area contributed by atoms with Crippen molar-refractivity contribution in [2.45, 2.75) is 32.6 Å². The van der Waals surface area contributed by atoms with Gasteiger partial charge in [0.15, 0.2) is 6.10 Å². The monoisotopic (exact) mass is 333 g/mol. The van der Waals surface area contributed by atoms with Crippen LogP contribution >= 0.6 is 11.6 Å². The fraction of sp³-hybridized carbons (Fsp3) is 0.278. The van der Waals surface area contributed by atoms with E-state index < -0.39 is 6.10 Å². The lowest BCUT2D eigenvalue weighted by Crippen LogP contribution is -2.37. The highest BCUT2D eigenvalue weighted by Crippen LogP contribution is 2.18. The number of ether oxygens (including phenoxy) is 1. The molecule has 2 atom stereocenters. The summed E-state index contributed by atoms with van der Waals surface area (Å²) in [5.41, 5.74) is 1.67. The Bertz CT molecular complexity index is 675. The van der Waals surface area contributed by atoms with E-state index in [0.717, 1.165) is 11.1 Å². The van der Waals surface area contributed by atoms with Gasteiger partial charge in [-0.1, -0.05) is 35.9 Å². The summed E-state index contributed by atoms with van der Waals surface area (Å²) in [6.07, 6.45) is -0.648. The minimum Gasteiger partial charge on any atom is -0.481 e. The molecule has 0 fully saturated rings. The molecule has 0 aliphatic carbocycles. The maximum absolute atomic E-state index is 12.3. The van der Waals surface area contributed by atoms with Crippen molar-refractivity contribution in [2.75, 3.05) is 0 Å². The third-order valence-corrected chi connectivity index (χ3v) is 3.71. The number of benzene rings is 2. The highest BCUT2D eigenvalue weighted by Gasteiger charge is 2.18. The van der Waals surface area contributed by atoms with E-state index in [1.54, 1.807) is 37.3 Å². The molecule has 0 spiro atoms. The van der Waals surface area contributed by atoms with Gasteiger partial charge < -0.3 is 15.2 Å². The van der Waals surface area contributed by atoms with Crippen molar-refractivity contribution in [3.63, 3.8) is 0 Å². The molecule has 0 aliphatic heterocycles. The Morgan fingerprint density at radius 3 is 2.65 bits per heavy atom. The molecule has 0 heterocycles. The molecule has 0 aliphatic rings. The van der Waals surface area contributed by atoms with Crippen molar-refractivity contribution in [2.24, 2.45) is 0 Å². The van der Waals surface area contributed by atoms with Gasteiger partial charge in [-0.15, -0.1) is 0 Å². The van der Waals surface area contributed by atoms with Gasteiger partial charge in [0.05, 0.1) is 12.6 Å². The molecule has 4 nitrogen and oxygen atoms in total. The zero-order valence-corrected chi connectivity index (χ0v) is 13.9. The quantitative estimate of drug-likeness (QED) is 0.851. The zero-order chi connectivity index (χ0) is 16.8. The average Bonchev–Trinajstić information content (AvgIpc) is 2.54. The van der Waals surface area contributed by atoms with Crippen molar-refractivity contribution in [3.05, 3.63) is 64.7 Å². The zero-order valence-electron chi connectivity index (χ0n) is 13.1. The molecule has 122 valence electrons. The molecule has 0 saturated carbocycles. The molecule has 0 bridgehead atoms. The Labute approximate surface area is 141 Å². The molecule has 0 aromatic heterocycles. The minimum absolute atomic E-state index is 0.0659. The topological polar surface area (TPSA) is 58.6 Å². The average molecular weight is 334 g/mol. The van der Waals surface area contributed by atoms with Gasteiger partial charge in [0, 0.05) is 5.02 Å². The summed E-state index contributed by atoms with van der Waals surface area (Å²) in [5, 5.41) is 12.7. The smallest absolute Gasteiger partial charge is 0.261 e. The van der Waals surface area contributed by atoms with Gasteiger partial charge in [-0.05, 0) is 49.2 Å². The molecular weight excluding hydrogens is 314 g/mol. The van der Waals surface area contributed by atoms with Crippen molar-refractivity contribution < 1.29 is 14.6 Å². The van der Waals surface area contributed by atoms with E-state index in [1.807, 2.05) is 25.1 Å². The van der Waals surface area contributed by atoms with E-state index in [1.165, 1.54) is 0 Å². The van der Waals surface area contributed by atoms with E-state index >= 15 is 0 Å². The summed E-state index contributed by atoms with van der Waals surface area (Å²) < 4.78 is 5.63. The van der Waals surface area contributed by atoms with Crippen LogP contribution in [0.15, 0.2) is 48.5 Å². The summed E-state index contributed by atoms with van der Waals surface area (Å²) in [5.74, 6) is 0.335. The Balaban J connectivity index is 1.96. The van der Waals surface area contributed by atoms with Crippen LogP contribution in [-0.2, 0) is 11.4 Å². The van der Waals surface area contributed by atoms with Crippen LogP contribution in [-0.4, -0.2) is 17.1 Å². The summed E-state index contributed by atoms with van der Waals surface area (Å²) in [6, 6.07) is 14.2. The lowest BCUT2D eigenvalue weighted by atomic mass is 10.1. The fourth-order valence-corrected chi connectivity index (χ4v) is 2.36. The van der Waals surface area contributed by atoms with Crippen LogP contribution in [0.2, 0.25) is 5.02 Å². The molecule has 2 N–H and O–H groups in total. The normalized spacial score (nSPS) is 13.2. The SMILES string of the molecule is CC(Oc1cccc(CO)c1)C(=O)NC(C)c1cccc(Cl)c1. The first-order chi connectivity index (χ1) is 11.0. The van der Waals surface area contributed by atoms with Crippen LogP contribution in [0, 0.1) is 0 Å². The number of nitrogens with one attached hydrogen (secondary N) is 1. The summed E-state index contributed by atoms with van der Waals surface area (Å²) >= 11 is 5.97. The Morgan fingerprint density at radius 1 is 1.22 bits per heavy atom. The second kappa shape index (κ2) is 7.99. The molecule has 2 unspecified atom stereocenters. The predicted molar refractivity (Wildman–Crippen MR) is 90.5 cm³/mol. The van der Waals surface area contributed by atoms with Gasteiger partial charge >= 0.3 is 0 Å². The summed E-state index contributed by atoms with van der Waals surface area (Å²) in [6.45, 7) is 3.51. The summed E-state index contributed by atoms with van der Waals surface area (Å²) in [7, 11) is 0. The first-order valence-electron chi connectivity index (χ1n) is 7.42. The standard InChI is InChI=1S/C18H20ClNO3/c1-12(15-6-4-7-16(19)10-15)20-18(22)13(2)23-17-8-3-5-14(9-17)11-21/h3-10,12-13,21H,11H2,1-2H3,(H,20,22). The summed E-state index contributed by atoms with van der Waals surface area (Å²) in [4.78, 5) is 12.3. The van der Waals surface area contributed by atoms with Crippen molar-refractivity contribution in [3.8, 4) is 5.75 Å². The number of amides is 1. The Hall–Kier alpha value is -2.04. The predicted octanol–water partition coefficient (Wildman–Crippen LogP) is 3.48. The molecule has 0 radical (unpaired) electrons. The molecule has 2 rings (SSSR count). The van der Waals surface area contributed by atoms with Crippen LogP contribution in [0.3, 0.4) is 0 Å². The van der Waals surface area contributed by atoms with Gasteiger partial charge in [-0.25, -0.2) is 0 Å². The Kier molecular flexibility index (Phi) is 6.02. The molecule has 23 heavy (non-hydrogen) atoms. The molecule has 2 aromatic carbocycles. The van der Waals surface area contributed by atoms with E-state index in [2.05, 4.69) is 5.32 Å². The largest absolute Gasteiger partial charge is 0.481 e. The number of halogens is 1. The van der Waals surface area contributed by atoms with E-state index in [4.69, 9.17) is 21.4 Å².